The van der Waals surface area contributed by atoms with Gasteiger partial charge in [-0.25, -0.2) is 8.42 Å². The maximum atomic E-state index is 12.8. The zero-order valence-electron chi connectivity index (χ0n) is 14.4. The normalized spacial score (nSPS) is 16.8. The number of carbonyl (C=O) groups excluding carboxylic acids is 1. The molecule has 1 atom stereocenters. The molecule has 0 heterocycles. The van der Waals surface area contributed by atoms with Crippen molar-refractivity contribution >= 4 is 21.6 Å². The fraction of sp³-hybridized carbons (Fsp3) is 0.316. The number of anilines is 1. The summed E-state index contributed by atoms with van der Waals surface area (Å²) in [5, 5.41) is 3.11. The van der Waals surface area contributed by atoms with Crippen molar-refractivity contribution in [2.24, 2.45) is 0 Å². The Kier molecular flexibility index (Phi) is 4.81. The molecule has 2 aromatic carbocycles. The monoisotopic (exact) mass is 358 g/mol. The molecular formula is C19H22N2O3S. The highest BCUT2D eigenvalue weighted by molar-refractivity contribution is 7.92. The van der Waals surface area contributed by atoms with E-state index in [1.807, 2.05) is 12.1 Å². The maximum absolute atomic E-state index is 12.8. The highest BCUT2D eigenvalue weighted by Gasteiger charge is 2.23. The minimum absolute atomic E-state index is 0.0108. The van der Waals surface area contributed by atoms with E-state index in [0.717, 1.165) is 25.5 Å². The molecule has 0 aromatic heterocycles. The van der Waals surface area contributed by atoms with Crippen LogP contribution in [-0.4, -0.2) is 20.6 Å². The van der Waals surface area contributed by atoms with Crippen molar-refractivity contribution in [3.05, 3.63) is 64.7 Å². The number of amides is 1. The Hall–Kier alpha value is -2.34. The molecule has 0 spiro atoms. The van der Waals surface area contributed by atoms with E-state index in [0.29, 0.717) is 16.8 Å². The Balaban J connectivity index is 1.84. The van der Waals surface area contributed by atoms with Crippen LogP contribution in [0.2, 0.25) is 0 Å². The second-order valence-corrected chi connectivity index (χ2v) is 8.22. The predicted octanol–water partition coefficient (Wildman–Crippen LogP) is 3.17. The van der Waals surface area contributed by atoms with Gasteiger partial charge in [-0.2, -0.15) is 0 Å². The lowest BCUT2D eigenvalue weighted by Gasteiger charge is -2.26. The Labute approximate surface area is 148 Å². The van der Waals surface area contributed by atoms with Gasteiger partial charge in [-0.15, -0.1) is 0 Å². The molecule has 6 heteroatoms. The van der Waals surface area contributed by atoms with Gasteiger partial charge in [0.05, 0.1) is 18.0 Å². The molecule has 0 radical (unpaired) electrons. The summed E-state index contributed by atoms with van der Waals surface area (Å²) in [6.07, 6.45) is 4.08. The molecule has 1 amide bonds. The molecule has 3 rings (SSSR count). The molecule has 0 saturated carbocycles. The fourth-order valence-corrected chi connectivity index (χ4v) is 3.95. The quantitative estimate of drug-likeness (QED) is 0.881. The van der Waals surface area contributed by atoms with Crippen LogP contribution < -0.4 is 10.0 Å². The van der Waals surface area contributed by atoms with Crippen LogP contribution >= 0.6 is 0 Å². The minimum atomic E-state index is -3.39. The van der Waals surface area contributed by atoms with Crippen LogP contribution in [0.3, 0.4) is 0 Å². The number of aryl methyl sites for hydroxylation is 1. The SMILES string of the molecule is Cc1c(NS(C)(=O)=O)cccc1C(=O)N[C@H]1CCCc2ccccc21. The summed E-state index contributed by atoms with van der Waals surface area (Å²) in [6.45, 7) is 1.75. The highest BCUT2D eigenvalue weighted by atomic mass is 32.2. The molecule has 5 nitrogen and oxygen atoms in total. The topological polar surface area (TPSA) is 75.3 Å². The van der Waals surface area contributed by atoms with Gasteiger partial charge in [0.25, 0.3) is 5.91 Å². The smallest absolute Gasteiger partial charge is 0.252 e. The molecule has 0 unspecified atom stereocenters. The van der Waals surface area contributed by atoms with E-state index in [1.54, 1.807) is 25.1 Å². The Morgan fingerprint density at radius 3 is 2.64 bits per heavy atom. The fourth-order valence-electron chi connectivity index (χ4n) is 3.33. The van der Waals surface area contributed by atoms with Gasteiger partial charge in [0, 0.05) is 5.56 Å². The van der Waals surface area contributed by atoms with Crippen molar-refractivity contribution in [2.75, 3.05) is 11.0 Å². The average Bonchev–Trinajstić information content (AvgIpc) is 2.56. The van der Waals surface area contributed by atoms with Crippen molar-refractivity contribution in [3.8, 4) is 0 Å². The summed E-state index contributed by atoms with van der Waals surface area (Å²) in [4.78, 5) is 12.8. The van der Waals surface area contributed by atoms with Gasteiger partial charge >= 0.3 is 0 Å². The summed E-state index contributed by atoms with van der Waals surface area (Å²) >= 11 is 0. The number of sulfonamides is 1. The molecule has 2 aromatic rings. The zero-order chi connectivity index (χ0) is 18.0. The maximum Gasteiger partial charge on any atom is 0.252 e. The Morgan fingerprint density at radius 1 is 1.12 bits per heavy atom. The third-order valence-electron chi connectivity index (χ3n) is 4.55. The largest absolute Gasteiger partial charge is 0.345 e. The van der Waals surface area contributed by atoms with Gasteiger partial charge in [-0.1, -0.05) is 30.3 Å². The van der Waals surface area contributed by atoms with E-state index in [2.05, 4.69) is 22.2 Å². The van der Waals surface area contributed by atoms with Crippen molar-refractivity contribution in [1.82, 2.24) is 5.32 Å². The van der Waals surface area contributed by atoms with Crippen LogP contribution in [0.4, 0.5) is 5.69 Å². The first-order chi connectivity index (χ1) is 11.8. The van der Waals surface area contributed by atoms with Gasteiger partial charge in [0.2, 0.25) is 10.0 Å². The van der Waals surface area contributed by atoms with E-state index in [4.69, 9.17) is 0 Å². The summed E-state index contributed by atoms with van der Waals surface area (Å²) in [6, 6.07) is 13.2. The van der Waals surface area contributed by atoms with Crippen LogP contribution in [-0.2, 0) is 16.4 Å². The van der Waals surface area contributed by atoms with Crippen molar-refractivity contribution in [1.29, 1.82) is 0 Å². The van der Waals surface area contributed by atoms with Crippen LogP contribution in [0.15, 0.2) is 42.5 Å². The number of carbonyl (C=O) groups is 1. The first-order valence-electron chi connectivity index (χ1n) is 8.31. The van der Waals surface area contributed by atoms with Gasteiger partial charge in [-0.3, -0.25) is 9.52 Å². The van der Waals surface area contributed by atoms with Crippen molar-refractivity contribution in [2.45, 2.75) is 32.2 Å². The average molecular weight is 358 g/mol. The summed E-state index contributed by atoms with van der Waals surface area (Å²) in [5.41, 5.74) is 3.99. The predicted molar refractivity (Wildman–Crippen MR) is 99.2 cm³/mol. The van der Waals surface area contributed by atoms with Gasteiger partial charge in [0.15, 0.2) is 0 Å². The van der Waals surface area contributed by atoms with Crippen molar-refractivity contribution in [3.63, 3.8) is 0 Å². The Bertz CT molecular complexity index is 907. The number of hydrogen-bond acceptors (Lipinski definition) is 3. The molecule has 0 saturated heterocycles. The lowest BCUT2D eigenvalue weighted by Crippen LogP contribution is -2.31. The lowest BCUT2D eigenvalue weighted by molar-refractivity contribution is 0.0932. The van der Waals surface area contributed by atoms with E-state index in [9.17, 15) is 13.2 Å². The van der Waals surface area contributed by atoms with E-state index in [-0.39, 0.29) is 11.9 Å². The third-order valence-corrected chi connectivity index (χ3v) is 5.14. The number of hydrogen-bond donors (Lipinski definition) is 2. The lowest BCUT2D eigenvalue weighted by atomic mass is 9.87. The van der Waals surface area contributed by atoms with Gasteiger partial charge < -0.3 is 5.32 Å². The van der Waals surface area contributed by atoms with E-state index < -0.39 is 10.0 Å². The number of nitrogens with one attached hydrogen (secondary N) is 2. The molecule has 0 bridgehead atoms. The molecule has 0 aliphatic heterocycles. The van der Waals surface area contributed by atoms with Gasteiger partial charge in [0.1, 0.15) is 0 Å². The third kappa shape index (κ3) is 4.02. The highest BCUT2D eigenvalue weighted by Crippen LogP contribution is 2.30. The summed E-state index contributed by atoms with van der Waals surface area (Å²) < 4.78 is 25.4. The molecular weight excluding hydrogens is 336 g/mol. The van der Waals surface area contributed by atoms with Crippen LogP contribution in [0.1, 0.15) is 45.9 Å². The summed E-state index contributed by atoms with van der Waals surface area (Å²) in [5.74, 6) is -0.184. The summed E-state index contributed by atoms with van der Waals surface area (Å²) in [7, 11) is -3.39. The molecule has 2 N–H and O–H groups in total. The van der Waals surface area contributed by atoms with Crippen LogP contribution in [0.25, 0.3) is 0 Å². The van der Waals surface area contributed by atoms with E-state index >= 15 is 0 Å². The minimum Gasteiger partial charge on any atom is -0.345 e. The molecule has 0 fully saturated rings. The first-order valence-corrected chi connectivity index (χ1v) is 10.2. The van der Waals surface area contributed by atoms with Gasteiger partial charge in [-0.05, 0) is 55.0 Å². The van der Waals surface area contributed by atoms with Crippen molar-refractivity contribution < 1.29 is 13.2 Å². The second-order valence-electron chi connectivity index (χ2n) is 6.47. The van der Waals surface area contributed by atoms with Crippen LogP contribution in [0, 0.1) is 6.92 Å². The number of benzene rings is 2. The second kappa shape index (κ2) is 6.88. The standard InChI is InChI=1S/C19H22N2O3S/c1-13-15(10-6-11-17(13)21-25(2,23)24)19(22)20-18-12-5-8-14-7-3-4-9-16(14)18/h3-4,6-7,9-11,18,21H,5,8,12H2,1-2H3,(H,20,22)/t18-/m0/s1. The molecule has 1 aliphatic carbocycles. The first kappa shape index (κ1) is 17.5. The number of fused-ring (bicyclic) bond motifs is 1. The Morgan fingerprint density at radius 2 is 1.88 bits per heavy atom. The molecule has 1 aliphatic rings. The molecule has 132 valence electrons. The zero-order valence-corrected chi connectivity index (χ0v) is 15.2. The van der Waals surface area contributed by atoms with E-state index in [1.165, 1.54) is 11.1 Å². The number of rotatable bonds is 4. The van der Waals surface area contributed by atoms with Crippen LogP contribution in [0.5, 0.6) is 0 Å². The molecule has 25 heavy (non-hydrogen) atoms.